The Balaban J connectivity index is 0.000000355. The normalized spacial score (nSPS) is 12.9. The third-order valence-electron chi connectivity index (χ3n) is 6.19. The molecular formula is C37H35N3. The van der Waals surface area contributed by atoms with Gasteiger partial charge < -0.3 is 0 Å². The van der Waals surface area contributed by atoms with E-state index in [1.807, 2.05) is 63.3 Å². The van der Waals surface area contributed by atoms with Crippen molar-refractivity contribution in [1.29, 1.82) is 0 Å². The molecule has 0 radical (unpaired) electrons. The van der Waals surface area contributed by atoms with Crippen molar-refractivity contribution in [3.05, 3.63) is 151 Å². The van der Waals surface area contributed by atoms with Gasteiger partial charge in [-0.1, -0.05) is 135 Å². The average molecular weight is 522 g/mol. The molecule has 0 spiro atoms. The fourth-order valence-electron chi connectivity index (χ4n) is 4.23. The van der Waals surface area contributed by atoms with Gasteiger partial charge in [0.25, 0.3) is 0 Å². The van der Waals surface area contributed by atoms with Crippen LogP contribution in [0.3, 0.4) is 0 Å². The van der Waals surface area contributed by atoms with Gasteiger partial charge in [-0.25, -0.2) is 15.0 Å². The minimum absolute atomic E-state index is 0.698. The summed E-state index contributed by atoms with van der Waals surface area (Å²) in [7, 11) is 0. The minimum Gasteiger partial charge on any atom is -0.213 e. The quantitative estimate of drug-likeness (QED) is 0.251. The van der Waals surface area contributed by atoms with Gasteiger partial charge >= 0.3 is 0 Å². The Kier molecular flexibility index (Phi) is 10.5. The van der Waals surface area contributed by atoms with Crippen molar-refractivity contribution in [2.75, 3.05) is 0 Å². The third kappa shape index (κ3) is 7.83. The van der Waals surface area contributed by atoms with E-state index in [0.29, 0.717) is 17.5 Å². The second-order valence-corrected chi connectivity index (χ2v) is 8.96. The summed E-state index contributed by atoms with van der Waals surface area (Å²) in [5.74, 6) is 2.12. The Morgan fingerprint density at radius 3 is 1.62 bits per heavy atom. The Hall–Kier alpha value is -4.85. The standard InChI is InChI=1S/C28H23N3.C7H6.C2H6/c1-20-29-27(25-16-12-23(13-17-25)21-8-4-2-5-9-21)31-28(30-20)26-18-14-24(15-19-26)22-10-6-3-7-11-22;1-2-4-6-7-5-3-1;1-2/h2,4-6,8-19H,3,7H2,1H3;1-6H;1-2H3. The number of hydrogen-bond donors (Lipinski definition) is 0. The van der Waals surface area contributed by atoms with Crippen LogP contribution in [-0.4, -0.2) is 15.0 Å². The van der Waals surface area contributed by atoms with Crippen molar-refractivity contribution < 1.29 is 0 Å². The van der Waals surface area contributed by atoms with Crippen LogP contribution in [0.15, 0.2) is 139 Å². The molecule has 0 atom stereocenters. The van der Waals surface area contributed by atoms with Gasteiger partial charge in [-0.15, -0.1) is 5.73 Å². The van der Waals surface area contributed by atoms with Crippen molar-refractivity contribution in [2.24, 2.45) is 0 Å². The molecular weight excluding hydrogens is 486 g/mol. The molecule has 0 fully saturated rings. The number of allylic oxidation sites excluding steroid dienone is 9. The van der Waals surface area contributed by atoms with Crippen molar-refractivity contribution in [3.63, 3.8) is 0 Å². The molecule has 0 saturated heterocycles. The first-order chi connectivity index (χ1) is 19.8. The fraction of sp³-hybridized carbons (Fsp3) is 0.135. The van der Waals surface area contributed by atoms with Gasteiger partial charge in [-0.3, -0.25) is 0 Å². The highest BCUT2D eigenvalue weighted by atomic mass is 15.0. The smallest absolute Gasteiger partial charge is 0.163 e. The van der Waals surface area contributed by atoms with Crippen LogP contribution in [0.2, 0.25) is 0 Å². The molecule has 0 saturated carbocycles. The Bertz CT molecular complexity index is 1550. The molecule has 2 aliphatic rings. The largest absolute Gasteiger partial charge is 0.213 e. The number of hydrogen-bond acceptors (Lipinski definition) is 3. The van der Waals surface area contributed by atoms with Crippen molar-refractivity contribution >= 4 is 5.57 Å². The number of aromatic nitrogens is 3. The van der Waals surface area contributed by atoms with E-state index in [-0.39, 0.29) is 0 Å². The molecule has 6 rings (SSSR count). The summed E-state index contributed by atoms with van der Waals surface area (Å²) in [6.07, 6.45) is 20.5. The Morgan fingerprint density at radius 2 is 1.07 bits per heavy atom. The highest BCUT2D eigenvalue weighted by molar-refractivity contribution is 5.76. The fourth-order valence-corrected chi connectivity index (χ4v) is 4.23. The molecule has 2 aliphatic carbocycles. The zero-order chi connectivity index (χ0) is 28.0. The summed E-state index contributed by atoms with van der Waals surface area (Å²) in [5, 5.41) is 0. The second-order valence-electron chi connectivity index (χ2n) is 8.96. The summed E-state index contributed by atoms with van der Waals surface area (Å²) >= 11 is 0. The molecule has 0 unspecified atom stereocenters. The number of benzene rings is 3. The van der Waals surface area contributed by atoms with Crippen molar-refractivity contribution in [2.45, 2.75) is 33.6 Å². The maximum atomic E-state index is 4.77. The highest BCUT2D eigenvalue weighted by Gasteiger charge is 2.10. The second kappa shape index (κ2) is 14.9. The van der Waals surface area contributed by atoms with E-state index < -0.39 is 0 Å². The molecule has 3 nitrogen and oxygen atoms in total. The van der Waals surface area contributed by atoms with E-state index in [4.69, 9.17) is 4.98 Å². The topological polar surface area (TPSA) is 38.7 Å². The molecule has 0 N–H and O–H groups in total. The maximum Gasteiger partial charge on any atom is 0.163 e. The van der Waals surface area contributed by atoms with Gasteiger partial charge in [0, 0.05) is 11.1 Å². The lowest BCUT2D eigenvalue weighted by Crippen LogP contribution is -1.99. The van der Waals surface area contributed by atoms with Crippen LogP contribution in [0.25, 0.3) is 39.5 Å². The van der Waals surface area contributed by atoms with Crippen LogP contribution in [0.4, 0.5) is 0 Å². The van der Waals surface area contributed by atoms with Gasteiger partial charge in [0.1, 0.15) is 5.82 Å². The predicted octanol–water partition coefficient (Wildman–Crippen LogP) is 9.76. The molecule has 0 amide bonds. The van der Waals surface area contributed by atoms with Crippen LogP contribution in [0.1, 0.15) is 38.1 Å². The monoisotopic (exact) mass is 521 g/mol. The van der Waals surface area contributed by atoms with Crippen LogP contribution in [0.5, 0.6) is 0 Å². The first-order valence-corrected chi connectivity index (χ1v) is 13.9. The molecule has 1 aromatic heterocycles. The molecule has 3 aromatic carbocycles. The summed E-state index contributed by atoms with van der Waals surface area (Å²) in [6, 6.07) is 27.2. The molecule has 1 heterocycles. The van der Waals surface area contributed by atoms with E-state index in [1.54, 1.807) is 0 Å². The van der Waals surface area contributed by atoms with E-state index in [1.165, 1.54) is 22.3 Å². The zero-order valence-electron chi connectivity index (χ0n) is 23.5. The van der Waals surface area contributed by atoms with Crippen LogP contribution in [0, 0.1) is 6.92 Å². The van der Waals surface area contributed by atoms with Gasteiger partial charge in [-0.05, 0) is 54.2 Å². The summed E-state index contributed by atoms with van der Waals surface area (Å²) in [5.41, 5.74) is 9.79. The lowest BCUT2D eigenvalue weighted by atomic mass is 9.98. The lowest BCUT2D eigenvalue weighted by Gasteiger charge is -2.09. The highest BCUT2D eigenvalue weighted by Crippen LogP contribution is 2.26. The van der Waals surface area contributed by atoms with E-state index >= 15 is 0 Å². The number of rotatable bonds is 4. The predicted molar refractivity (Wildman–Crippen MR) is 170 cm³/mol. The average Bonchev–Trinajstić information content (AvgIpc) is 3.37. The van der Waals surface area contributed by atoms with Crippen LogP contribution >= 0.6 is 0 Å². The van der Waals surface area contributed by atoms with Gasteiger partial charge in [0.2, 0.25) is 0 Å². The lowest BCUT2D eigenvalue weighted by molar-refractivity contribution is 0.992. The van der Waals surface area contributed by atoms with E-state index in [2.05, 4.69) is 107 Å². The number of aryl methyl sites for hydroxylation is 1. The van der Waals surface area contributed by atoms with Crippen molar-refractivity contribution in [1.82, 2.24) is 15.0 Å². The Morgan fingerprint density at radius 1 is 0.550 bits per heavy atom. The first kappa shape index (κ1) is 28.2. The zero-order valence-corrected chi connectivity index (χ0v) is 23.5. The SMILES string of the molecule is C1=CC=CC=CC=1.CC.Cc1nc(-c2ccc(C3=CCCC=C3)cc2)nc(-c2ccc(-c3ccccc3)cc2)n1. The van der Waals surface area contributed by atoms with E-state index in [9.17, 15) is 0 Å². The minimum atomic E-state index is 0.698. The third-order valence-corrected chi connectivity index (χ3v) is 6.19. The molecule has 198 valence electrons. The first-order valence-electron chi connectivity index (χ1n) is 13.9. The molecule has 4 aromatic rings. The molecule has 40 heavy (non-hydrogen) atoms. The van der Waals surface area contributed by atoms with E-state index in [0.717, 1.165) is 24.0 Å². The number of nitrogens with zero attached hydrogens (tertiary/aromatic N) is 3. The Labute approximate surface area is 238 Å². The maximum absolute atomic E-state index is 4.77. The molecule has 0 aliphatic heterocycles. The van der Waals surface area contributed by atoms with Gasteiger partial charge in [-0.2, -0.15) is 0 Å². The summed E-state index contributed by atoms with van der Waals surface area (Å²) in [4.78, 5) is 13.9. The summed E-state index contributed by atoms with van der Waals surface area (Å²) < 4.78 is 0. The van der Waals surface area contributed by atoms with Crippen molar-refractivity contribution in [3.8, 4) is 33.9 Å². The van der Waals surface area contributed by atoms with Crippen LogP contribution < -0.4 is 0 Å². The molecule has 0 bridgehead atoms. The van der Waals surface area contributed by atoms with Gasteiger partial charge in [0.05, 0.1) is 0 Å². The molecule has 3 heteroatoms. The van der Waals surface area contributed by atoms with Gasteiger partial charge in [0.15, 0.2) is 11.6 Å². The van der Waals surface area contributed by atoms with Crippen LogP contribution in [-0.2, 0) is 0 Å². The summed E-state index contributed by atoms with van der Waals surface area (Å²) in [6.45, 7) is 5.92.